The number of ether oxygens (including phenoxy) is 1. The number of fused-ring (bicyclic) bond motifs is 2. The summed E-state index contributed by atoms with van der Waals surface area (Å²) >= 11 is 0. The van der Waals surface area contributed by atoms with Crippen molar-refractivity contribution in [3.8, 4) is 5.75 Å². The molecule has 0 aromatic heterocycles. The Balaban J connectivity index is 1.39. The maximum absolute atomic E-state index is 12.4. The second-order valence-corrected chi connectivity index (χ2v) is 7.89. The van der Waals surface area contributed by atoms with Crippen molar-refractivity contribution in [3.05, 3.63) is 29.8 Å². The fourth-order valence-electron chi connectivity index (χ4n) is 4.69. The third-order valence-electron chi connectivity index (χ3n) is 6.19. The smallest absolute Gasteiger partial charge is 0.260 e. The van der Waals surface area contributed by atoms with Gasteiger partial charge in [0.05, 0.1) is 0 Å². The molecule has 1 amide bonds. The zero-order valence-corrected chi connectivity index (χ0v) is 15.7. The molecule has 5 heteroatoms. The van der Waals surface area contributed by atoms with Crippen LogP contribution in [0.1, 0.15) is 44.1 Å². The monoisotopic (exact) mass is 357 g/mol. The largest absolute Gasteiger partial charge is 0.483 e. The van der Waals surface area contributed by atoms with Gasteiger partial charge in [-0.1, -0.05) is 18.2 Å². The predicted octanol–water partition coefficient (Wildman–Crippen LogP) is 2.40. The molecule has 0 unspecified atom stereocenters. The number of benzene rings is 1. The van der Waals surface area contributed by atoms with Crippen LogP contribution in [0, 0.1) is 0 Å². The third kappa shape index (κ3) is 4.04. The molecule has 2 bridgehead atoms. The molecule has 0 saturated carbocycles. The summed E-state index contributed by atoms with van der Waals surface area (Å²) in [4.78, 5) is 17.0. The van der Waals surface area contributed by atoms with Gasteiger partial charge in [-0.25, -0.2) is 0 Å². The molecular weight excluding hydrogens is 326 g/mol. The second kappa shape index (κ2) is 8.40. The molecule has 142 valence electrons. The number of carbonyl (C=O) groups is 1. The standard InChI is InChI=1S/C21H31N3O2/c25-21(23-12-4-1-5-13-23)16-26-20-7-3-2-6-17(20)15-24-18-8-9-19(24)14-22-11-10-18/h2-3,6-7,18-19,22H,1,4-5,8-16H2/t18-,19+/m1/s1. The first-order chi connectivity index (χ1) is 12.8. The number of hydrogen-bond acceptors (Lipinski definition) is 4. The van der Waals surface area contributed by atoms with Crippen molar-refractivity contribution in [2.45, 2.75) is 57.2 Å². The van der Waals surface area contributed by atoms with E-state index in [-0.39, 0.29) is 12.5 Å². The highest BCUT2D eigenvalue weighted by Crippen LogP contribution is 2.31. The molecular formula is C21H31N3O2. The molecule has 26 heavy (non-hydrogen) atoms. The number of likely N-dealkylation sites (tertiary alicyclic amines) is 1. The number of amides is 1. The quantitative estimate of drug-likeness (QED) is 0.879. The summed E-state index contributed by atoms with van der Waals surface area (Å²) < 4.78 is 5.98. The van der Waals surface area contributed by atoms with Crippen molar-refractivity contribution in [2.75, 3.05) is 32.8 Å². The van der Waals surface area contributed by atoms with E-state index in [4.69, 9.17) is 4.74 Å². The maximum Gasteiger partial charge on any atom is 0.260 e. The first-order valence-corrected chi connectivity index (χ1v) is 10.3. The Kier molecular flexibility index (Phi) is 5.75. The van der Waals surface area contributed by atoms with E-state index in [1.54, 1.807) is 0 Å². The minimum Gasteiger partial charge on any atom is -0.483 e. The average Bonchev–Trinajstić information content (AvgIpc) is 2.93. The predicted molar refractivity (Wildman–Crippen MR) is 102 cm³/mol. The van der Waals surface area contributed by atoms with Crippen LogP contribution in [0.5, 0.6) is 5.75 Å². The van der Waals surface area contributed by atoms with Crippen molar-refractivity contribution in [1.29, 1.82) is 0 Å². The lowest BCUT2D eigenvalue weighted by Crippen LogP contribution is -2.39. The summed E-state index contributed by atoms with van der Waals surface area (Å²) in [7, 11) is 0. The molecule has 4 rings (SSSR count). The van der Waals surface area contributed by atoms with Crippen molar-refractivity contribution < 1.29 is 9.53 Å². The zero-order chi connectivity index (χ0) is 17.8. The van der Waals surface area contributed by atoms with Crippen LogP contribution in [-0.2, 0) is 11.3 Å². The van der Waals surface area contributed by atoms with Gasteiger partial charge in [-0.2, -0.15) is 0 Å². The van der Waals surface area contributed by atoms with Gasteiger partial charge in [-0.3, -0.25) is 9.69 Å². The van der Waals surface area contributed by atoms with Crippen LogP contribution in [0.15, 0.2) is 24.3 Å². The van der Waals surface area contributed by atoms with Crippen LogP contribution in [-0.4, -0.2) is 60.6 Å². The molecule has 0 aliphatic carbocycles. The van der Waals surface area contributed by atoms with Crippen LogP contribution < -0.4 is 10.1 Å². The summed E-state index contributed by atoms with van der Waals surface area (Å²) in [5.41, 5.74) is 1.21. The fraction of sp³-hybridized carbons (Fsp3) is 0.667. The number of hydrogen-bond donors (Lipinski definition) is 1. The highest BCUT2D eigenvalue weighted by Gasteiger charge is 2.35. The van der Waals surface area contributed by atoms with Gasteiger partial charge < -0.3 is 15.0 Å². The number of rotatable bonds is 5. The molecule has 1 aromatic rings. The minimum absolute atomic E-state index is 0.124. The fourth-order valence-corrected chi connectivity index (χ4v) is 4.69. The van der Waals surface area contributed by atoms with Crippen LogP contribution in [0.4, 0.5) is 0 Å². The Labute approximate surface area is 156 Å². The van der Waals surface area contributed by atoms with Crippen molar-refractivity contribution in [3.63, 3.8) is 0 Å². The topological polar surface area (TPSA) is 44.8 Å². The first kappa shape index (κ1) is 17.8. The van der Waals surface area contributed by atoms with E-state index in [2.05, 4.69) is 22.3 Å². The van der Waals surface area contributed by atoms with Crippen LogP contribution in [0.3, 0.4) is 0 Å². The Bertz CT molecular complexity index is 601. The summed E-state index contributed by atoms with van der Waals surface area (Å²) in [6.45, 7) is 5.06. The van der Waals surface area contributed by atoms with Crippen molar-refractivity contribution >= 4 is 5.91 Å². The van der Waals surface area contributed by atoms with Crippen molar-refractivity contribution in [2.24, 2.45) is 0 Å². The molecule has 3 aliphatic heterocycles. The molecule has 5 nitrogen and oxygen atoms in total. The Hall–Kier alpha value is -1.59. The number of nitrogens with one attached hydrogen (secondary N) is 1. The zero-order valence-electron chi connectivity index (χ0n) is 15.7. The van der Waals surface area contributed by atoms with E-state index in [1.807, 2.05) is 17.0 Å². The number of nitrogens with zero attached hydrogens (tertiary/aromatic N) is 2. The number of carbonyl (C=O) groups excluding carboxylic acids is 1. The summed E-state index contributed by atoms with van der Waals surface area (Å²) in [6, 6.07) is 9.55. The van der Waals surface area contributed by atoms with E-state index in [1.165, 1.54) is 31.2 Å². The van der Waals surface area contributed by atoms with E-state index < -0.39 is 0 Å². The molecule has 3 fully saturated rings. The van der Waals surface area contributed by atoms with Gasteiger partial charge in [0.1, 0.15) is 5.75 Å². The number of piperidine rings is 1. The lowest BCUT2D eigenvalue weighted by atomic mass is 10.1. The molecule has 0 spiro atoms. The normalized spacial score (nSPS) is 26.5. The third-order valence-corrected chi connectivity index (χ3v) is 6.19. The van der Waals surface area contributed by atoms with E-state index in [9.17, 15) is 4.79 Å². The summed E-state index contributed by atoms with van der Waals surface area (Å²) in [5, 5.41) is 3.56. The lowest BCUT2D eigenvalue weighted by Gasteiger charge is -2.29. The molecule has 1 aromatic carbocycles. The second-order valence-electron chi connectivity index (χ2n) is 7.89. The van der Waals surface area contributed by atoms with Gasteiger partial charge in [-0.15, -0.1) is 0 Å². The van der Waals surface area contributed by atoms with E-state index in [0.29, 0.717) is 12.1 Å². The Morgan fingerprint density at radius 2 is 1.88 bits per heavy atom. The van der Waals surface area contributed by atoms with E-state index >= 15 is 0 Å². The molecule has 3 saturated heterocycles. The Morgan fingerprint density at radius 1 is 1.08 bits per heavy atom. The van der Waals surface area contributed by atoms with Crippen LogP contribution in [0.25, 0.3) is 0 Å². The first-order valence-electron chi connectivity index (χ1n) is 10.3. The van der Waals surface area contributed by atoms with Gasteiger partial charge in [-0.05, 0) is 51.1 Å². The van der Waals surface area contributed by atoms with Gasteiger partial charge in [0.25, 0.3) is 5.91 Å². The molecule has 3 heterocycles. The highest BCUT2D eigenvalue weighted by atomic mass is 16.5. The molecule has 0 radical (unpaired) electrons. The van der Waals surface area contributed by atoms with Gasteiger partial charge in [0.2, 0.25) is 0 Å². The van der Waals surface area contributed by atoms with Crippen LogP contribution >= 0.6 is 0 Å². The van der Waals surface area contributed by atoms with Crippen molar-refractivity contribution in [1.82, 2.24) is 15.1 Å². The van der Waals surface area contributed by atoms with Gasteiger partial charge in [0, 0.05) is 43.8 Å². The van der Waals surface area contributed by atoms with E-state index in [0.717, 1.165) is 51.3 Å². The summed E-state index contributed by atoms with van der Waals surface area (Å²) in [6.07, 6.45) is 7.30. The minimum atomic E-state index is 0.124. The molecule has 1 N–H and O–H groups in total. The number of para-hydroxylation sites is 1. The molecule has 2 atom stereocenters. The Morgan fingerprint density at radius 3 is 2.77 bits per heavy atom. The average molecular weight is 357 g/mol. The highest BCUT2D eigenvalue weighted by molar-refractivity contribution is 5.77. The van der Waals surface area contributed by atoms with Gasteiger partial charge >= 0.3 is 0 Å². The SMILES string of the molecule is O=C(COc1ccccc1CN1[C@H]2CCNC[C@@H]1CC2)N1CCCCC1. The molecule has 3 aliphatic rings. The lowest BCUT2D eigenvalue weighted by molar-refractivity contribution is -0.134. The van der Waals surface area contributed by atoms with Gasteiger partial charge in [0.15, 0.2) is 6.61 Å². The summed E-state index contributed by atoms with van der Waals surface area (Å²) in [5.74, 6) is 0.994. The van der Waals surface area contributed by atoms with Crippen LogP contribution in [0.2, 0.25) is 0 Å². The maximum atomic E-state index is 12.4.